The van der Waals surface area contributed by atoms with Crippen LogP contribution in [0.5, 0.6) is 0 Å². The van der Waals surface area contributed by atoms with Crippen LogP contribution in [-0.2, 0) is 0 Å². The van der Waals surface area contributed by atoms with E-state index < -0.39 is 7.38 Å². The maximum absolute atomic E-state index is 8.37. The van der Waals surface area contributed by atoms with Crippen LogP contribution in [-0.4, -0.2) is 7.38 Å². The predicted octanol–water partition coefficient (Wildman–Crippen LogP) is 11.9. The lowest BCUT2D eigenvalue weighted by Gasteiger charge is -2.46. The highest BCUT2D eigenvalue weighted by Crippen LogP contribution is 2.56. The molecule has 0 nitrogen and oxygen atoms in total. The third-order valence-electron chi connectivity index (χ3n) is 9.69. The summed E-state index contributed by atoms with van der Waals surface area (Å²) in [6.45, 7) is 0. The molecule has 0 aromatic carbocycles. The van der Waals surface area contributed by atoms with Gasteiger partial charge in [0.2, 0.25) is 0 Å². The fourth-order valence-electron chi connectivity index (χ4n) is 7.76. The summed E-state index contributed by atoms with van der Waals surface area (Å²) in [6.07, 6.45) is 40.0. The molecule has 3 aliphatic carbocycles. The van der Waals surface area contributed by atoms with Crippen LogP contribution in [0.15, 0.2) is 0 Å². The Labute approximate surface area is 208 Å². The molecule has 0 spiro atoms. The minimum Gasteiger partial charge on any atom is -0.166 e. The van der Waals surface area contributed by atoms with Gasteiger partial charge < -0.3 is 0 Å². The van der Waals surface area contributed by atoms with E-state index in [0.29, 0.717) is 0 Å². The Hall–Kier alpha value is 0.507. The zero-order chi connectivity index (χ0) is 22.3. The molecule has 0 N–H and O–H groups in total. The first-order valence-corrected chi connectivity index (χ1v) is 18.7. The molecule has 32 heavy (non-hydrogen) atoms. The molecule has 0 amide bonds. The van der Waals surface area contributed by atoms with Crippen molar-refractivity contribution in [3.05, 3.63) is 0 Å². The number of hydrogen-bond acceptors (Lipinski definition) is 0. The van der Waals surface area contributed by atoms with Crippen molar-refractivity contribution in [1.82, 2.24) is 0 Å². The minimum absolute atomic E-state index is 0.920. The standard InChI is InChI=1S/C30H57ClSi/c31-32(28-22-16-10-4-1-5-11-17-23-28,29-24-18-12-6-2-7-13-19-25-29)30-26-20-14-8-3-9-15-21-27-30/h28-30H,1-27H2. The molecule has 0 radical (unpaired) electrons. The van der Waals surface area contributed by atoms with E-state index >= 15 is 0 Å². The van der Waals surface area contributed by atoms with Crippen molar-refractivity contribution in [1.29, 1.82) is 0 Å². The summed E-state index contributed by atoms with van der Waals surface area (Å²) in [5.41, 5.74) is 2.76. The molecule has 0 heterocycles. The van der Waals surface area contributed by atoms with E-state index in [1.165, 1.54) is 173 Å². The van der Waals surface area contributed by atoms with Gasteiger partial charge in [-0.25, -0.2) is 0 Å². The van der Waals surface area contributed by atoms with Crippen LogP contribution in [0, 0.1) is 0 Å². The van der Waals surface area contributed by atoms with Crippen LogP contribution in [0.1, 0.15) is 173 Å². The summed E-state index contributed by atoms with van der Waals surface area (Å²) >= 11 is 8.37. The smallest absolute Gasteiger partial charge is 0.165 e. The SMILES string of the molecule is Cl[Si](C1CCCCCCCCC1)(C1CCCCCCCCC1)C1CCCCCCCCC1. The molecule has 0 bridgehead atoms. The highest BCUT2D eigenvalue weighted by atomic mass is 35.6. The lowest BCUT2D eigenvalue weighted by atomic mass is 9.99. The highest BCUT2D eigenvalue weighted by Gasteiger charge is 2.50. The molecular formula is C30H57ClSi. The highest BCUT2D eigenvalue weighted by molar-refractivity contribution is 7.22. The fraction of sp³-hybridized carbons (Fsp3) is 1.00. The molecule has 3 fully saturated rings. The zero-order valence-electron chi connectivity index (χ0n) is 21.7. The molecule has 0 atom stereocenters. The van der Waals surface area contributed by atoms with Crippen LogP contribution in [0.25, 0.3) is 0 Å². The van der Waals surface area contributed by atoms with Gasteiger partial charge in [-0.2, -0.15) is 11.1 Å². The van der Waals surface area contributed by atoms with Gasteiger partial charge in [0.25, 0.3) is 0 Å². The van der Waals surface area contributed by atoms with E-state index in [-0.39, 0.29) is 0 Å². The van der Waals surface area contributed by atoms with Crippen molar-refractivity contribution < 1.29 is 0 Å². The molecule has 0 aromatic rings. The summed E-state index contributed by atoms with van der Waals surface area (Å²) in [5.74, 6) is 0. The number of hydrogen-bond donors (Lipinski definition) is 0. The van der Waals surface area contributed by atoms with Crippen molar-refractivity contribution in [2.45, 2.75) is 190 Å². The zero-order valence-corrected chi connectivity index (χ0v) is 23.5. The van der Waals surface area contributed by atoms with Crippen LogP contribution in [0.3, 0.4) is 0 Å². The second-order valence-corrected chi connectivity index (χ2v) is 18.1. The van der Waals surface area contributed by atoms with Gasteiger partial charge in [0.15, 0.2) is 7.38 Å². The summed E-state index contributed by atoms with van der Waals surface area (Å²) in [4.78, 5) is 0. The summed E-state index contributed by atoms with van der Waals surface area (Å²) in [7, 11) is -1.85. The monoisotopic (exact) mass is 480 g/mol. The summed E-state index contributed by atoms with van der Waals surface area (Å²) in [6, 6.07) is 0. The number of rotatable bonds is 3. The van der Waals surface area contributed by atoms with Gasteiger partial charge in [-0.15, -0.1) is 0 Å². The Bertz CT molecular complexity index is 369. The third kappa shape index (κ3) is 8.94. The molecule has 3 saturated carbocycles. The molecule has 0 aliphatic heterocycles. The van der Waals surface area contributed by atoms with Crippen molar-refractivity contribution in [2.75, 3.05) is 0 Å². The van der Waals surface area contributed by atoms with Gasteiger partial charge in [-0.05, 0) is 16.6 Å². The third-order valence-corrected chi connectivity index (χ3v) is 18.0. The van der Waals surface area contributed by atoms with E-state index in [1.807, 2.05) is 0 Å². The number of halogens is 1. The first kappa shape index (κ1) is 27.1. The van der Waals surface area contributed by atoms with E-state index in [2.05, 4.69) is 0 Å². The van der Waals surface area contributed by atoms with Crippen molar-refractivity contribution in [3.63, 3.8) is 0 Å². The van der Waals surface area contributed by atoms with Crippen molar-refractivity contribution >= 4 is 18.5 Å². The predicted molar refractivity (Wildman–Crippen MR) is 148 cm³/mol. The minimum atomic E-state index is -1.85. The van der Waals surface area contributed by atoms with Crippen LogP contribution in [0.4, 0.5) is 0 Å². The Kier molecular flexibility index (Phi) is 13.7. The molecule has 0 aromatic heterocycles. The van der Waals surface area contributed by atoms with Crippen LogP contribution < -0.4 is 0 Å². The fourth-order valence-corrected chi connectivity index (χ4v) is 15.6. The van der Waals surface area contributed by atoms with Gasteiger partial charge in [0.05, 0.1) is 0 Å². The molecule has 3 rings (SSSR count). The molecule has 2 heteroatoms. The first-order valence-electron chi connectivity index (χ1n) is 15.5. The summed E-state index contributed by atoms with van der Waals surface area (Å²) < 4.78 is 0. The maximum atomic E-state index is 8.37. The van der Waals surface area contributed by atoms with Crippen LogP contribution >= 0.6 is 11.1 Å². The lowest BCUT2D eigenvalue weighted by molar-refractivity contribution is 0.448. The Balaban J connectivity index is 1.83. The Morgan fingerprint density at radius 2 is 0.438 bits per heavy atom. The van der Waals surface area contributed by atoms with Gasteiger partial charge in [-0.3, -0.25) is 0 Å². The molecule has 3 aliphatic rings. The van der Waals surface area contributed by atoms with Crippen LogP contribution in [0.2, 0.25) is 16.6 Å². The summed E-state index contributed by atoms with van der Waals surface area (Å²) in [5, 5.41) is 0. The van der Waals surface area contributed by atoms with E-state index in [1.54, 1.807) is 0 Å². The molecule has 188 valence electrons. The van der Waals surface area contributed by atoms with Gasteiger partial charge in [0, 0.05) is 0 Å². The topological polar surface area (TPSA) is 0 Å². The average Bonchev–Trinajstić information content (AvgIpc) is 2.83. The molecular weight excluding hydrogens is 424 g/mol. The van der Waals surface area contributed by atoms with Crippen molar-refractivity contribution in [3.8, 4) is 0 Å². The first-order chi connectivity index (χ1) is 15.8. The second-order valence-electron chi connectivity index (χ2n) is 12.1. The van der Waals surface area contributed by atoms with E-state index in [4.69, 9.17) is 11.1 Å². The second kappa shape index (κ2) is 16.2. The normalized spacial score (nSPS) is 26.9. The molecule has 0 unspecified atom stereocenters. The van der Waals surface area contributed by atoms with Gasteiger partial charge >= 0.3 is 0 Å². The van der Waals surface area contributed by atoms with E-state index in [9.17, 15) is 0 Å². The largest absolute Gasteiger partial charge is 0.166 e. The lowest BCUT2D eigenvalue weighted by Crippen LogP contribution is -2.45. The van der Waals surface area contributed by atoms with E-state index in [0.717, 1.165) is 16.6 Å². The molecule has 0 saturated heterocycles. The van der Waals surface area contributed by atoms with Crippen molar-refractivity contribution in [2.24, 2.45) is 0 Å². The van der Waals surface area contributed by atoms with Gasteiger partial charge in [0.1, 0.15) is 0 Å². The average molecular weight is 481 g/mol. The van der Waals surface area contributed by atoms with Gasteiger partial charge in [-0.1, -0.05) is 173 Å². The Morgan fingerprint density at radius 3 is 0.625 bits per heavy atom. The maximum Gasteiger partial charge on any atom is 0.165 e. The quantitative estimate of drug-likeness (QED) is 0.278. The Morgan fingerprint density at radius 1 is 0.281 bits per heavy atom.